The second-order valence-corrected chi connectivity index (χ2v) is 6.21. The molecule has 112 valence electrons. The summed E-state index contributed by atoms with van der Waals surface area (Å²) in [5, 5.41) is 3.69. The number of benzene rings is 1. The Labute approximate surface area is 124 Å². The normalized spacial score (nSPS) is 19.1. The van der Waals surface area contributed by atoms with E-state index in [9.17, 15) is 0 Å². The quantitative estimate of drug-likeness (QED) is 0.814. The largest absolute Gasteiger partial charge is 0.309 e. The number of hydrogen-bond acceptors (Lipinski definition) is 2. The molecule has 1 aromatic rings. The SMILES string of the molecule is CCCc1ccc(C(C)NCC(C)N2CCCC2)cc1. The third kappa shape index (κ3) is 4.32. The van der Waals surface area contributed by atoms with Crippen molar-refractivity contribution in [2.75, 3.05) is 19.6 Å². The number of nitrogens with zero attached hydrogens (tertiary/aromatic N) is 1. The monoisotopic (exact) mass is 274 g/mol. The lowest BCUT2D eigenvalue weighted by Gasteiger charge is -2.26. The minimum atomic E-state index is 0.440. The summed E-state index contributed by atoms with van der Waals surface area (Å²) in [7, 11) is 0. The molecule has 1 heterocycles. The van der Waals surface area contributed by atoms with Gasteiger partial charge in [0.1, 0.15) is 0 Å². The van der Waals surface area contributed by atoms with Gasteiger partial charge in [-0.2, -0.15) is 0 Å². The van der Waals surface area contributed by atoms with E-state index in [1.165, 1.54) is 49.9 Å². The van der Waals surface area contributed by atoms with E-state index >= 15 is 0 Å². The minimum Gasteiger partial charge on any atom is -0.309 e. The van der Waals surface area contributed by atoms with E-state index < -0.39 is 0 Å². The average molecular weight is 274 g/mol. The molecule has 0 aliphatic carbocycles. The van der Waals surface area contributed by atoms with Crippen LogP contribution in [0.3, 0.4) is 0 Å². The van der Waals surface area contributed by atoms with Gasteiger partial charge in [-0.15, -0.1) is 0 Å². The molecule has 20 heavy (non-hydrogen) atoms. The number of rotatable bonds is 7. The van der Waals surface area contributed by atoms with Crippen LogP contribution in [0.15, 0.2) is 24.3 Å². The van der Waals surface area contributed by atoms with Crippen LogP contribution < -0.4 is 5.32 Å². The van der Waals surface area contributed by atoms with E-state index in [2.05, 4.69) is 55.3 Å². The van der Waals surface area contributed by atoms with E-state index in [0.29, 0.717) is 12.1 Å². The molecule has 1 N–H and O–H groups in total. The van der Waals surface area contributed by atoms with Crippen LogP contribution in [-0.4, -0.2) is 30.6 Å². The molecule has 0 amide bonds. The molecule has 2 nitrogen and oxygen atoms in total. The molecule has 1 aromatic carbocycles. The first-order chi connectivity index (χ1) is 9.70. The Bertz CT molecular complexity index is 379. The highest BCUT2D eigenvalue weighted by Crippen LogP contribution is 2.16. The van der Waals surface area contributed by atoms with Crippen LogP contribution in [0.2, 0.25) is 0 Å². The van der Waals surface area contributed by atoms with Gasteiger partial charge in [-0.05, 0) is 57.3 Å². The highest BCUT2D eigenvalue weighted by atomic mass is 15.2. The predicted molar refractivity (Wildman–Crippen MR) is 87.1 cm³/mol. The highest BCUT2D eigenvalue weighted by Gasteiger charge is 2.18. The van der Waals surface area contributed by atoms with Crippen LogP contribution in [-0.2, 0) is 6.42 Å². The summed E-state index contributed by atoms with van der Waals surface area (Å²) >= 11 is 0. The van der Waals surface area contributed by atoms with E-state index in [4.69, 9.17) is 0 Å². The molecule has 2 atom stereocenters. The maximum Gasteiger partial charge on any atom is 0.0292 e. The molecule has 1 aliphatic heterocycles. The second-order valence-electron chi connectivity index (χ2n) is 6.21. The topological polar surface area (TPSA) is 15.3 Å². The molecular weight excluding hydrogens is 244 g/mol. The molecule has 1 fully saturated rings. The fourth-order valence-corrected chi connectivity index (χ4v) is 3.04. The zero-order chi connectivity index (χ0) is 14.4. The Morgan fingerprint density at radius 2 is 1.75 bits per heavy atom. The van der Waals surface area contributed by atoms with Crippen molar-refractivity contribution in [1.29, 1.82) is 0 Å². The molecule has 0 spiro atoms. The molecule has 2 rings (SSSR count). The molecule has 1 saturated heterocycles. The average Bonchev–Trinajstić information content (AvgIpc) is 3.00. The van der Waals surface area contributed by atoms with Gasteiger partial charge < -0.3 is 5.32 Å². The first-order valence-corrected chi connectivity index (χ1v) is 8.27. The standard InChI is InChI=1S/C18H30N2/c1-4-7-17-8-10-18(11-9-17)16(3)19-14-15(2)20-12-5-6-13-20/h8-11,15-16,19H,4-7,12-14H2,1-3H3. The summed E-state index contributed by atoms with van der Waals surface area (Å²) in [6.07, 6.45) is 5.16. The maximum atomic E-state index is 3.69. The van der Waals surface area contributed by atoms with Crippen molar-refractivity contribution in [3.05, 3.63) is 35.4 Å². The third-order valence-corrected chi connectivity index (χ3v) is 4.50. The lowest BCUT2D eigenvalue weighted by molar-refractivity contribution is 0.247. The molecule has 0 aromatic heterocycles. The summed E-state index contributed by atoms with van der Waals surface area (Å²) in [5.41, 5.74) is 2.85. The van der Waals surface area contributed by atoms with Crippen LogP contribution in [0.5, 0.6) is 0 Å². The fraction of sp³-hybridized carbons (Fsp3) is 0.667. The van der Waals surface area contributed by atoms with Gasteiger partial charge >= 0.3 is 0 Å². The fourth-order valence-electron chi connectivity index (χ4n) is 3.04. The van der Waals surface area contributed by atoms with Gasteiger partial charge in [-0.25, -0.2) is 0 Å². The molecule has 2 unspecified atom stereocenters. The highest BCUT2D eigenvalue weighted by molar-refractivity contribution is 5.24. The first kappa shape index (κ1) is 15.5. The Balaban J connectivity index is 1.79. The van der Waals surface area contributed by atoms with Gasteiger partial charge in [0.2, 0.25) is 0 Å². The molecule has 1 aliphatic rings. The molecule has 0 radical (unpaired) electrons. The molecule has 0 bridgehead atoms. The molecule has 0 saturated carbocycles. The van der Waals surface area contributed by atoms with Crippen LogP contribution >= 0.6 is 0 Å². The van der Waals surface area contributed by atoms with Gasteiger partial charge in [0.25, 0.3) is 0 Å². The number of aryl methyl sites for hydroxylation is 1. The Hall–Kier alpha value is -0.860. The summed E-state index contributed by atoms with van der Waals surface area (Å²) < 4.78 is 0. The third-order valence-electron chi connectivity index (χ3n) is 4.50. The number of likely N-dealkylation sites (tertiary alicyclic amines) is 1. The second kappa shape index (κ2) is 7.80. The molecular formula is C18H30N2. The number of nitrogens with one attached hydrogen (secondary N) is 1. The smallest absolute Gasteiger partial charge is 0.0292 e. The van der Waals surface area contributed by atoms with Crippen LogP contribution in [0.1, 0.15) is 57.2 Å². The Morgan fingerprint density at radius 1 is 1.10 bits per heavy atom. The first-order valence-electron chi connectivity index (χ1n) is 8.27. The lowest BCUT2D eigenvalue weighted by atomic mass is 10.0. The van der Waals surface area contributed by atoms with Crippen molar-refractivity contribution in [2.24, 2.45) is 0 Å². The van der Waals surface area contributed by atoms with Gasteiger partial charge in [0, 0.05) is 18.6 Å². The van der Waals surface area contributed by atoms with Crippen LogP contribution in [0, 0.1) is 0 Å². The van der Waals surface area contributed by atoms with E-state index in [0.717, 1.165) is 6.54 Å². The number of hydrogen-bond donors (Lipinski definition) is 1. The van der Waals surface area contributed by atoms with Crippen molar-refractivity contribution in [1.82, 2.24) is 10.2 Å². The summed E-state index contributed by atoms with van der Waals surface area (Å²) in [4.78, 5) is 2.60. The summed E-state index contributed by atoms with van der Waals surface area (Å²) in [5.74, 6) is 0. The Morgan fingerprint density at radius 3 is 2.35 bits per heavy atom. The summed E-state index contributed by atoms with van der Waals surface area (Å²) in [6, 6.07) is 10.2. The van der Waals surface area contributed by atoms with Gasteiger partial charge in [0.15, 0.2) is 0 Å². The zero-order valence-corrected chi connectivity index (χ0v) is 13.4. The van der Waals surface area contributed by atoms with Gasteiger partial charge in [-0.1, -0.05) is 37.6 Å². The van der Waals surface area contributed by atoms with Crippen molar-refractivity contribution >= 4 is 0 Å². The van der Waals surface area contributed by atoms with Gasteiger partial charge in [-0.3, -0.25) is 4.90 Å². The van der Waals surface area contributed by atoms with Crippen molar-refractivity contribution in [2.45, 2.75) is 58.5 Å². The van der Waals surface area contributed by atoms with Crippen molar-refractivity contribution in [3.8, 4) is 0 Å². The molecule has 2 heteroatoms. The van der Waals surface area contributed by atoms with Crippen LogP contribution in [0.25, 0.3) is 0 Å². The van der Waals surface area contributed by atoms with E-state index in [-0.39, 0.29) is 0 Å². The van der Waals surface area contributed by atoms with Crippen molar-refractivity contribution < 1.29 is 0 Å². The van der Waals surface area contributed by atoms with E-state index in [1.54, 1.807) is 0 Å². The summed E-state index contributed by atoms with van der Waals surface area (Å²) in [6.45, 7) is 10.5. The Kier molecular flexibility index (Phi) is 6.06. The minimum absolute atomic E-state index is 0.440. The van der Waals surface area contributed by atoms with Crippen LogP contribution in [0.4, 0.5) is 0 Å². The lowest BCUT2D eigenvalue weighted by Crippen LogP contribution is -2.39. The zero-order valence-electron chi connectivity index (χ0n) is 13.4. The maximum absolute atomic E-state index is 3.69. The van der Waals surface area contributed by atoms with Gasteiger partial charge in [0.05, 0.1) is 0 Å². The van der Waals surface area contributed by atoms with E-state index in [1.807, 2.05) is 0 Å². The van der Waals surface area contributed by atoms with Crippen molar-refractivity contribution in [3.63, 3.8) is 0 Å². The predicted octanol–water partition coefficient (Wildman–Crippen LogP) is 3.77.